The Labute approximate surface area is 126 Å². The molecule has 0 radical (unpaired) electrons. The maximum atomic E-state index is 12.1. The summed E-state index contributed by atoms with van der Waals surface area (Å²) in [6.45, 7) is 2.54. The minimum absolute atomic E-state index is 0.240. The van der Waals surface area contributed by atoms with Gasteiger partial charge in [-0.1, -0.05) is 19.1 Å². The van der Waals surface area contributed by atoms with Gasteiger partial charge in [0, 0.05) is 27.2 Å². The second kappa shape index (κ2) is 7.02. The van der Waals surface area contributed by atoms with Gasteiger partial charge in [-0.15, -0.1) is 0 Å². The van der Waals surface area contributed by atoms with E-state index in [0.29, 0.717) is 13.1 Å². The van der Waals surface area contributed by atoms with Crippen LogP contribution in [0.15, 0.2) is 29.2 Å². The summed E-state index contributed by atoms with van der Waals surface area (Å²) >= 11 is 0. The van der Waals surface area contributed by atoms with Gasteiger partial charge in [0.25, 0.3) is 0 Å². The zero-order valence-electron chi connectivity index (χ0n) is 12.8. The van der Waals surface area contributed by atoms with Gasteiger partial charge in [0.2, 0.25) is 10.0 Å². The number of hydrogen-bond donors (Lipinski definition) is 1. The first-order valence-corrected chi connectivity index (χ1v) is 8.01. The molecule has 0 aliphatic heterocycles. The molecule has 0 bridgehead atoms. The molecule has 1 aromatic rings. The van der Waals surface area contributed by atoms with Gasteiger partial charge in [-0.25, -0.2) is 12.7 Å². The summed E-state index contributed by atoms with van der Waals surface area (Å²) in [6, 6.07) is 6.70. The molecule has 0 fully saturated rings. The topological polar surface area (TPSA) is 77.9 Å². The van der Waals surface area contributed by atoms with Crippen LogP contribution in [-0.2, 0) is 21.4 Å². The monoisotopic (exact) mass is 314 g/mol. The third-order valence-corrected chi connectivity index (χ3v) is 4.95. The Morgan fingerprint density at radius 1 is 1.29 bits per heavy atom. The number of benzene rings is 1. The average molecular weight is 314 g/mol. The molecule has 0 aromatic heterocycles. The number of sulfonamides is 1. The van der Waals surface area contributed by atoms with Crippen LogP contribution in [-0.4, -0.2) is 56.4 Å². The van der Waals surface area contributed by atoms with E-state index in [1.54, 1.807) is 25.1 Å². The van der Waals surface area contributed by atoms with Crippen molar-refractivity contribution in [2.75, 3.05) is 27.7 Å². The fourth-order valence-corrected chi connectivity index (χ4v) is 2.91. The van der Waals surface area contributed by atoms with E-state index in [1.165, 1.54) is 18.4 Å². The molecule has 1 aromatic carbocycles. The number of aliphatic carboxylic acids is 1. The van der Waals surface area contributed by atoms with E-state index in [-0.39, 0.29) is 4.90 Å². The minimum Gasteiger partial charge on any atom is -0.481 e. The lowest BCUT2D eigenvalue weighted by atomic mass is 10.1. The maximum absolute atomic E-state index is 12.1. The van der Waals surface area contributed by atoms with Crippen molar-refractivity contribution < 1.29 is 18.3 Å². The van der Waals surface area contributed by atoms with E-state index < -0.39 is 21.9 Å². The summed E-state index contributed by atoms with van der Waals surface area (Å²) in [4.78, 5) is 12.9. The highest BCUT2D eigenvalue weighted by molar-refractivity contribution is 7.89. The van der Waals surface area contributed by atoms with E-state index in [4.69, 9.17) is 5.11 Å². The summed E-state index contributed by atoms with van der Waals surface area (Å²) in [5, 5.41) is 8.90. The molecule has 0 spiro atoms. The first-order valence-electron chi connectivity index (χ1n) is 6.57. The standard InChI is InChI=1S/C14H22N2O4S/c1-11(14(17)18)9-16(4)10-12-6-5-7-13(8-12)21(19,20)15(2)3/h5-8,11H,9-10H2,1-4H3,(H,17,18). The van der Waals surface area contributed by atoms with Crippen LogP contribution in [0.1, 0.15) is 12.5 Å². The summed E-state index contributed by atoms with van der Waals surface area (Å²) in [7, 11) is 1.34. The first kappa shape index (κ1) is 17.6. The summed E-state index contributed by atoms with van der Waals surface area (Å²) in [5.41, 5.74) is 0.831. The van der Waals surface area contributed by atoms with Crippen molar-refractivity contribution in [3.63, 3.8) is 0 Å². The van der Waals surface area contributed by atoms with Gasteiger partial charge >= 0.3 is 5.97 Å². The molecule has 1 rings (SSSR count). The Morgan fingerprint density at radius 3 is 2.43 bits per heavy atom. The third kappa shape index (κ3) is 4.80. The molecule has 0 aliphatic carbocycles. The normalized spacial score (nSPS) is 13.6. The van der Waals surface area contributed by atoms with Gasteiger partial charge in [-0.3, -0.25) is 4.79 Å². The number of hydrogen-bond acceptors (Lipinski definition) is 4. The van der Waals surface area contributed by atoms with Gasteiger partial charge in [0.15, 0.2) is 0 Å². The quantitative estimate of drug-likeness (QED) is 0.815. The molecule has 21 heavy (non-hydrogen) atoms. The Hall–Kier alpha value is -1.44. The molecular formula is C14H22N2O4S. The van der Waals surface area contributed by atoms with Crippen LogP contribution in [0.2, 0.25) is 0 Å². The molecule has 1 unspecified atom stereocenters. The predicted molar refractivity (Wildman–Crippen MR) is 80.4 cm³/mol. The van der Waals surface area contributed by atoms with Gasteiger partial charge in [-0.05, 0) is 24.7 Å². The lowest BCUT2D eigenvalue weighted by Crippen LogP contribution is -2.28. The van der Waals surface area contributed by atoms with E-state index in [2.05, 4.69) is 0 Å². The van der Waals surface area contributed by atoms with Crippen LogP contribution < -0.4 is 0 Å². The number of rotatable bonds is 7. The maximum Gasteiger partial charge on any atom is 0.307 e. The van der Waals surface area contributed by atoms with Crippen LogP contribution >= 0.6 is 0 Å². The van der Waals surface area contributed by atoms with Crippen LogP contribution in [0.25, 0.3) is 0 Å². The Morgan fingerprint density at radius 2 is 1.90 bits per heavy atom. The van der Waals surface area contributed by atoms with Crippen LogP contribution in [0.3, 0.4) is 0 Å². The molecule has 0 saturated carbocycles. The lowest BCUT2D eigenvalue weighted by molar-refractivity contribution is -0.141. The SMILES string of the molecule is CC(CN(C)Cc1cccc(S(=O)(=O)N(C)C)c1)C(=O)O. The Kier molecular flexibility index (Phi) is 5.88. The molecular weight excluding hydrogens is 292 g/mol. The largest absolute Gasteiger partial charge is 0.481 e. The second-order valence-electron chi connectivity index (χ2n) is 5.37. The Balaban J connectivity index is 2.85. The van der Waals surface area contributed by atoms with Gasteiger partial charge < -0.3 is 10.0 Å². The summed E-state index contributed by atoms with van der Waals surface area (Å²) < 4.78 is 25.3. The van der Waals surface area contributed by atoms with Crippen LogP contribution in [0.5, 0.6) is 0 Å². The van der Waals surface area contributed by atoms with Crippen molar-refractivity contribution in [3.05, 3.63) is 29.8 Å². The third-order valence-electron chi connectivity index (χ3n) is 3.14. The number of nitrogens with zero attached hydrogens (tertiary/aromatic N) is 2. The van der Waals surface area contributed by atoms with E-state index in [1.807, 2.05) is 18.0 Å². The van der Waals surface area contributed by atoms with E-state index in [0.717, 1.165) is 5.56 Å². The van der Waals surface area contributed by atoms with Crippen molar-refractivity contribution in [3.8, 4) is 0 Å². The molecule has 0 heterocycles. The molecule has 1 atom stereocenters. The van der Waals surface area contributed by atoms with Crippen LogP contribution in [0, 0.1) is 5.92 Å². The fraction of sp³-hybridized carbons (Fsp3) is 0.500. The Bertz CT molecular complexity index is 599. The van der Waals surface area contributed by atoms with Crippen LogP contribution in [0.4, 0.5) is 0 Å². The molecule has 0 aliphatic rings. The highest BCUT2D eigenvalue weighted by Gasteiger charge is 2.18. The highest BCUT2D eigenvalue weighted by Crippen LogP contribution is 2.16. The number of carboxylic acids is 1. The molecule has 7 heteroatoms. The van der Waals surface area contributed by atoms with Gasteiger partial charge in [0.1, 0.15) is 0 Å². The predicted octanol–water partition coefficient (Wildman–Crippen LogP) is 1.09. The van der Waals surface area contributed by atoms with Crippen molar-refractivity contribution >= 4 is 16.0 Å². The van der Waals surface area contributed by atoms with Crippen molar-refractivity contribution in [2.45, 2.75) is 18.4 Å². The van der Waals surface area contributed by atoms with Crippen molar-refractivity contribution in [1.29, 1.82) is 0 Å². The van der Waals surface area contributed by atoms with E-state index in [9.17, 15) is 13.2 Å². The lowest BCUT2D eigenvalue weighted by Gasteiger charge is -2.19. The number of carboxylic acid groups (broad SMARTS) is 1. The highest BCUT2D eigenvalue weighted by atomic mass is 32.2. The molecule has 0 saturated heterocycles. The van der Waals surface area contributed by atoms with E-state index >= 15 is 0 Å². The zero-order chi connectivity index (χ0) is 16.2. The van der Waals surface area contributed by atoms with Gasteiger partial charge in [0.05, 0.1) is 10.8 Å². The zero-order valence-corrected chi connectivity index (χ0v) is 13.6. The van der Waals surface area contributed by atoms with Crippen molar-refractivity contribution in [1.82, 2.24) is 9.21 Å². The smallest absolute Gasteiger partial charge is 0.307 e. The summed E-state index contributed by atoms with van der Waals surface area (Å²) in [6.07, 6.45) is 0. The molecule has 0 amide bonds. The van der Waals surface area contributed by atoms with Gasteiger partial charge in [-0.2, -0.15) is 0 Å². The molecule has 1 N–H and O–H groups in total. The minimum atomic E-state index is -3.45. The second-order valence-corrected chi connectivity index (χ2v) is 7.52. The fourth-order valence-electron chi connectivity index (χ4n) is 1.94. The molecule has 118 valence electrons. The first-order chi connectivity index (χ1) is 9.64. The summed E-state index contributed by atoms with van der Waals surface area (Å²) in [5.74, 6) is -1.31. The average Bonchev–Trinajstić information content (AvgIpc) is 2.38. The molecule has 6 nitrogen and oxygen atoms in total. The van der Waals surface area contributed by atoms with Crippen molar-refractivity contribution in [2.24, 2.45) is 5.92 Å². The number of carbonyl (C=O) groups is 1.